The van der Waals surface area contributed by atoms with Crippen LogP contribution in [0.15, 0.2) is 0 Å². The van der Waals surface area contributed by atoms with Crippen LogP contribution in [0.25, 0.3) is 0 Å². The van der Waals surface area contributed by atoms with Gasteiger partial charge in [-0.3, -0.25) is 4.79 Å². The van der Waals surface area contributed by atoms with E-state index in [1.165, 1.54) is 0 Å². The first kappa shape index (κ1) is 12.5. The third kappa shape index (κ3) is 4.20. The quantitative estimate of drug-likeness (QED) is 0.785. The molecule has 0 saturated carbocycles. The average Bonchev–Trinajstić information content (AvgIpc) is 2.14. The molecule has 0 amide bonds. The van der Waals surface area contributed by atoms with Gasteiger partial charge in [0.25, 0.3) is 0 Å². The predicted octanol–water partition coefficient (Wildman–Crippen LogP) is 2.55. The van der Waals surface area contributed by atoms with Crippen LogP contribution in [0.3, 0.4) is 0 Å². The Kier molecular flexibility index (Phi) is 4.14. The lowest BCUT2D eigenvalue weighted by Crippen LogP contribution is -2.32. The second-order valence-electron chi connectivity index (χ2n) is 5.66. The van der Waals surface area contributed by atoms with Gasteiger partial charge in [0.1, 0.15) is 0 Å². The highest BCUT2D eigenvalue weighted by Gasteiger charge is 2.32. The Morgan fingerprint density at radius 1 is 1.40 bits per heavy atom. The van der Waals surface area contributed by atoms with Crippen LogP contribution in [0, 0.1) is 17.3 Å². The van der Waals surface area contributed by atoms with E-state index in [4.69, 9.17) is 4.74 Å². The Balaban J connectivity index is 2.60. The van der Waals surface area contributed by atoms with E-state index >= 15 is 0 Å². The fraction of sp³-hybridized carbons (Fsp3) is 0.917. The Morgan fingerprint density at radius 2 is 1.93 bits per heavy atom. The molecule has 1 heterocycles. The summed E-state index contributed by atoms with van der Waals surface area (Å²) < 4.78 is 5.27. The molecule has 1 aliphatic rings. The van der Waals surface area contributed by atoms with Crippen LogP contribution < -0.4 is 0 Å². The molecule has 0 aromatic heterocycles. The van der Waals surface area contributed by atoms with Crippen LogP contribution in [0.2, 0.25) is 0 Å². The molecule has 0 spiro atoms. The van der Waals surface area contributed by atoms with Crippen molar-refractivity contribution in [2.45, 2.75) is 40.0 Å². The summed E-state index contributed by atoms with van der Waals surface area (Å²) in [6.07, 6.45) is 2.55. The van der Waals surface area contributed by atoms with Crippen molar-refractivity contribution >= 4 is 5.97 Å². The molecular weight excluding hydrogens is 192 g/mol. The predicted molar refractivity (Wildman–Crippen MR) is 58.7 cm³/mol. The van der Waals surface area contributed by atoms with E-state index in [1.807, 2.05) is 0 Å². The Labute approximate surface area is 91.8 Å². The average molecular weight is 214 g/mol. The first-order valence-electron chi connectivity index (χ1n) is 5.71. The highest BCUT2D eigenvalue weighted by molar-refractivity contribution is 5.70. The van der Waals surface area contributed by atoms with Gasteiger partial charge in [-0.2, -0.15) is 0 Å². The van der Waals surface area contributed by atoms with E-state index in [0.717, 1.165) is 32.5 Å². The Hall–Kier alpha value is -0.570. The van der Waals surface area contributed by atoms with E-state index in [2.05, 4.69) is 20.8 Å². The minimum Gasteiger partial charge on any atom is -0.481 e. The van der Waals surface area contributed by atoms with Gasteiger partial charge in [0.2, 0.25) is 0 Å². The minimum atomic E-state index is -0.642. The largest absolute Gasteiger partial charge is 0.481 e. The third-order valence-electron chi connectivity index (χ3n) is 2.98. The summed E-state index contributed by atoms with van der Waals surface area (Å²) in [5, 5.41) is 9.25. The van der Waals surface area contributed by atoms with Crippen LogP contribution in [0.4, 0.5) is 0 Å². The lowest BCUT2D eigenvalue weighted by atomic mass is 9.76. The van der Waals surface area contributed by atoms with Crippen LogP contribution >= 0.6 is 0 Å². The lowest BCUT2D eigenvalue weighted by Gasteiger charge is -2.31. The van der Waals surface area contributed by atoms with Crippen LogP contribution in [-0.4, -0.2) is 24.3 Å². The molecule has 0 aromatic rings. The lowest BCUT2D eigenvalue weighted by molar-refractivity contribution is -0.146. The van der Waals surface area contributed by atoms with Crippen molar-refractivity contribution in [2.75, 3.05) is 13.2 Å². The van der Waals surface area contributed by atoms with Crippen LogP contribution in [0.1, 0.15) is 40.0 Å². The van der Waals surface area contributed by atoms with E-state index in [-0.39, 0.29) is 11.3 Å². The number of hydrogen-bond donors (Lipinski definition) is 1. The normalized spacial score (nSPS) is 21.3. The zero-order valence-electron chi connectivity index (χ0n) is 9.95. The first-order chi connectivity index (χ1) is 6.90. The van der Waals surface area contributed by atoms with Gasteiger partial charge >= 0.3 is 5.97 Å². The molecule has 1 N–H and O–H groups in total. The van der Waals surface area contributed by atoms with Crippen molar-refractivity contribution < 1.29 is 14.6 Å². The first-order valence-corrected chi connectivity index (χ1v) is 5.71. The zero-order valence-corrected chi connectivity index (χ0v) is 9.95. The summed E-state index contributed by atoms with van der Waals surface area (Å²) in [5.41, 5.74) is 0.0847. The van der Waals surface area contributed by atoms with Crippen molar-refractivity contribution in [1.29, 1.82) is 0 Å². The van der Waals surface area contributed by atoms with Gasteiger partial charge in [-0.15, -0.1) is 0 Å². The fourth-order valence-corrected chi connectivity index (χ4v) is 2.23. The van der Waals surface area contributed by atoms with Gasteiger partial charge in [-0.1, -0.05) is 20.8 Å². The number of carboxylic acids is 1. The summed E-state index contributed by atoms with van der Waals surface area (Å²) >= 11 is 0. The number of hydrogen-bond acceptors (Lipinski definition) is 2. The molecule has 3 heteroatoms. The molecule has 1 saturated heterocycles. The maximum absolute atomic E-state index is 11.2. The number of ether oxygens (including phenoxy) is 1. The van der Waals surface area contributed by atoms with Crippen molar-refractivity contribution in [3.8, 4) is 0 Å². The van der Waals surface area contributed by atoms with Gasteiger partial charge in [-0.05, 0) is 30.6 Å². The van der Waals surface area contributed by atoms with Crippen LogP contribution in [-0.2, 0) is 9.53 Å². The summed E-state index contributed by atoms with van der Waals surface area (Å²) in [7, 11) is 0. The fourth-order valence-electron chi connectivity index (χ4n) is 2.23. The summed E-state index contributed by atoms with van der Waals surface area (Å²) in [5.74, 6) is -0.541. The third-order valence-corrected chi connectivity index (χ3v) is 2.98. The number of carbonyl (C=O) groups is 1. The maximum Gasteiger partial charge on any atom is 0.306 e. The highest BCUT2D eigenvalue weighted by atomic mass is 16.5. The Bertz CT molecular complexity index is 211. The monoisotopic (exact) mass is 214 g/mol. The number of aliphatic carboxylic acids is 1. The smallest absolute Gasteiger partial charge is 0.306 e. The maximum atomic E-state index is 11.2. The van der Waals surface area contributed by atoms with E-state index in [1.54, 1.807) is 0 Å². The number of carboxylic acid groups (broad SMARTS) is 1. The molecule has 3 nitrogen and oxygen atoms in total. The summed E-state index contributed by atoms with van der Waals surface area (Å²) in [6.45, 7) is 7.74. The molecule has 0 aromatic carbocycles. The molecule has 0 bridgehead atoms. The van der Waals surface area contributed by atoms with E-state index in [0.29, 0.717) is 5.92 Å². The molecular formula is C12H22O3. The zero-order chi connectivity index (χ0) is 11.5. The molecule has 1 unspecified atom stereocenters. The standard InChI is InChI=1S/C12H22O3/c1-12(2,3)8-10(11(13)14)9-4-6-15-7-5-9/h9-10H,4-8H2,1-3H3,(H,13,14). The van der Waals surface area contributed by atoms with E-state index < -0.39 is 5.97 Å². The Morgan fingerprint density at radius 3 is 2.33 bits per heavy atom. The minimum absolute atomic E-state index is 0.0847. The topological polar surface area (TPSA) is 46.5 Å². The SMILES string of the molecule is CC(C)(C)CC(C(=O)O)C1CCOCC1. The second kappa shape index (κ2) is 4.97. The molecule has 1 atom stereocenters. The number of rotatable bonds is 3. The summed E-state index contributed by atoms with van der Waals surface area (Å²) in [6, 6.07) is 0. The van der Waals surface area contributed by atoms with Gasteiger partial charge in [0.05, 0.1) is 5.92 Å². The molecule has 0 radical (unpaired) electrons. The van der Waals surface area contributed by atoms with Gasteiger partial charge < -0.3 is 9.84 Å². The van der Waals surface area contributed by atoms with Crippen molar-refractivity contribution in [2.24, 2.45) is 17.3 Å². The van der Waals surface area contributed by atoms with Gasteiger partial charge in [-0.25, -0.2) is 0 Å². The van der Waals surface area contributed by atoms with Crippen LogP contribution in [0.5, 0.6) is 0 Å². The second-order valence-corrected chi connectivity index (χ2v) is 5.66. The van der Waals surface area contributed by atoms with Crippen molar-refractivity contribution in [1.82, 2.24) is 0 Å². The van der Waals surface area contributed by atoms with Gasteiger partial charge in [0.15, 0.2) is 0 Å². The van der Waals surface area contributed by atoms with E-state index in [9.17, 15) is 9.90 Å². The highest BCUT2D eigenvalue weighted by Crippen LogP contribution is 2.33. The summed E-state index contributed by atoms with van der Waals surface area (Å²) in [4.78, 5) is 11.2. The molecule has 0 aliphatic carbocycles. The molecule has 88 valence electrons. The van der Waals surface area contributed by atoms with Crippen molar-refractivity contribution in [3.05, 3.63) is 0 Å². The molecule has 1 fully saturated rings. The molecule has 1 rings (SSSR count). The molecule has 1 aliphatic heterocycles. The molecule has 15 heavy (non-hydrogen) atoms. The van der Waals surface area contributed by atoms with Crippen molar-refractivity contribution in [3.63, 3.8) is 0 Å². The van der Waals surface area contributed by atoms with Gasteiger partial charge in [0, 0.05) is 13.2 Å².